The number of likely N-dealkylation sites (tertiary alicyclic amines) is 2. The largest absolute Gasteiger partial charge is 0.337 e. The van der Waals surface area contributed by atoms with Crippen LogP contribution in [0.1, 0.15) is 41.0 Å². The van der Waals surface area contributed by atoms with Crippen LogP contribution in [0.4, 0.5) is 8.78 Å². The molecular formula is C21H26F2N4O. The number of piperidine rings is 1. The molecule has 0 bridgehead atoms. The molecule has 3 heterocycles. The summed E-state index contributed by atoms with van der Waals surface area (Å²) in [5, 5.41) is 6.91. The highest BCUT2D eigenvalue weighted by Gasteiger charge is 2.34. The Hall–Kier alpha value is -2.28. The molecule has 0 aliphatic carbocycles. The predicted molar refractivity (Wildman–Crippen MR) is 102 cm³/mol. The number of aromatic nitrogens is 2. The van der Waals surface area contributed by atoms with Gasteiger partial charge in [0.1, 0.15) is 5.69 Å². The van der Waals surface area contributed by atoms with Crippen LogP contribution in [0, 0.1) is 30.4 Å². The number of carbonyl (C=O) groups is 1. The molecule has 4 rings (SSSR count). The maximum atomic E-state index is 13.9. The van der Waals surface area contributed by atoms with Crippen LogP contribution in [0.2, 0.25) is 0 Å². The van der Waals surface area contributed by atoms with Crippen LogP contribution in [-0.2, 0) is 6.54 Å². The van der Waals surface area contributed by atoms with E-state index in [0.717, 1.165) is 57.2 Å². The number of halogens is 2. The van der Waals surface area contributed by atoms with Crippen LogP contribution in [0.25, 0.3) is 0 Å². The Balaban J connectivity index is 1.28. The van der Waals surface area contributed by atoms with E-state index in [-0.39, 0.29) is 5.91 Å². The maximum absolute atomic E-state index is 13.9. The summed E-state index contributed by atoms with van der Waals surface area (Å²) < 4.78 is 27.3. The molecule has 1 atom stereocenters. The number of nitrogens with one attached hydrogen (secondary N) is 1. The van der Waals surface area contributed by atoms with Crippen LogP contribution >= 0.6 is 0 Å². The summed E-state index contributed by atoms with van der Waals surface area (Å²) in [4.78, 5) is 16.7. The Kier molecular flexibility index (Phi) is 5.44. The van der Waals surface area contributed by atoms with Crippen molar-refractivity contribution in [1.82, 2.24) is 20.0 Å². The molecule has 2 fully saturated rings. The monoisotopic (exact) mass is 388 g/mol. The summed E-state index contributed by atoms with van der Waals surface area (Å²) in [6, 6.07) is 6.16. The highest BCUT2D eigenvalue weighted by molar-refractivity contribution is 5.92. The van der Waals surface area contributed by atoms with Crippen molar-refractivity contribution in [2.45, 2.75) is 32.7 Å². The number of aryl methyl sites for hydroxylation is 1. The molecule has 1 aromatic heterocycles. The van der Waals surface area contributed by atoms with Gasteiger partial charge in [-0.1, -0.05) is 12.1 Å². The average Bonchev–Trinajstić information content (AvgIpc) is 3.35. The summed E-state index contributed by atoms with van der Waals surface area (Å²) in [6.45, 7) is 5.66. The van der Waals surface area contributed by atoms with Crippen molar-refractivity contribution >= 4 is 5.91 Å². The second-order valence-electron chi connectivity index (χ2n) is 8.06. The second-order valence-corrected chi connectivity index (χ2v) is 8.06. The third-order valence-electron chi connectivity index (χ3n) is 6.16. The lowest BCUT2D eigenvalue weighted by molar-refractivity contribution is 0.0767. The summed E-state index contributed by atoms with van der Waals surface area (Å²) >= 11 is 0. The highest BCUT2D eigenvalue weighted by atomic mass is 19.2. The number of benzene rings is 1. The minimum absolute atomic E-state index is 0.00543. The zero-order chi connectivity index (χ0) is 19.7. The summed E-state index contributed by atoms with van der Waals surface area (Å²) in [6.07, 6.45) is 3.09. The zero-order valence-corrected chi connectivity index (χ0v) is 16.1. The fourth-order valence-corrected chi connectivity index (χ4v) is 4.54. The number of rotatable bonds is 4. The quantitative estimate of drug-likeness (QED) is 0.874. The van der Waals surface area contributed by atoms with Crippen molar-refractivity contribution in [3.63, 3.8) is 0 Å². The van der Waals surface area contributed by atoms with Crippen molar-refractivity contribution < 1.29 is 13.6 Å². The SMILES string of the molecule is Cc1cc(C(=O)N2CC[C@H](C3CCN(Cc4cccc(F)c4F)CC3)C2)n[nH]1. The molecule has 2 saturated heterocycles. The van der Waals surface area contributed by atoms with Gasteiger partial charge in [0, 0.05) is 30.9 Å². The van der Waals surface area contributed by atoms with E-state index in [9.17, 15) is 13.6 Å². The number of aromatic amines is 1. The highest BCUT2D eigenvalue weighted by Crippen LogP contribution is 2.33. The van der Waals surface area contributed by atoms with E-state index in [1.165, 1.54) is 0 Å². The molecule has 7 heteroatoms. The molecule has 150 valence electrons. The topological polar surface area (TPSA) is 52.2 Å². The molecule has 0 unspecified atom stereocenters. The van der Waals surface area contributed by atoms with Crippen LogP contribution in [0.15, 0.2) is 24.3 Å². The molecule has 2 aliphatic rings. The van der Waals surface area contributed by atoms with E-state index < -0.39 is 11.6 Å². The van der Waals surface area contributed by atoms with Gasteiger partial charge in [0.2, 0.25) is 0 Å². The average molecular weight is 388 g/mol. The molecular weight excluding hydrogens is 362 g/mol. The standard InChI is InChI=1S/C21H26F2N4O/c1-14-11-19(25-24-14)21(28)27-10-7-16(13-27)15-5-8-26(9-6-15)12-17-3-2-4-18(22)20(17)23/h2-4,11,15-16H,5-10,12-13H2,1H3,(H,24,25)/t16-/m0/s1. The van der Waals surface area contributed by atoms with Crippen LogP contribution in [0.5, 0.6) is 0 Å². The fourth-order valence-electron chi connectivity index (χ4n) is 4.54. The third kappa shape index (κ3) is 3.94. The molecule has 2 aliphatic heterocycles. The second kappa shape index (κ2) is 7.99. The van der Waals surface area contributed by atoms with E-state index in [1.54, 1.807) is 18.2 Å². The van der Waals surface area contributed by atoms with Crippen molar-refractivity contribution in [1.29, 1.82) is 0 Å². The Bertz CT molecular complexity index is 845. The molecule has 28 heavy (non-hydrogen) atoms. The van der Waals surface area contributed by atoms with Crippen LogP contribution in [-0.4, -0.2) is 52.1 Å². The number of nitrogens with zero attached hydrogens (tertiary/aromatic N) is 3. The van der Waals surface area contributed by atoms with Crippen molar-refractivity contribution in [3.05, 3.63) is 52.9 Å². The van der Waals surface area contributed by atoms with Crippen molar-refractivity contribution in [2.75, 3.05) is 26.2 Å². The number of amides is 1. The molecule has 5 nitrogen and oxygen atoms in total. The summed E-state index contributed by atoms with van der Waals surface area (Å²) in [5.74, 6) is -0.423. The molecule has 2 aromatic rings. The number of H-pyrrole nitrogens is 1. The van der Waals surface area contributed by atoms with Crippen molar-refractivity contribution in [2.24, 2.45) is 11.8 Å². The lowest BCUT2D eigenvalue weighted by atomic mass is 9.83. The van der Waals surface area contributed by atoms with Gasteiger partial charge < -0.3 is 4.90 Å². The number of hydrogen-bond donors (Lipinski definition) is 1. The van der Waals surface area contributed by atoms with E-state index >= 15 is 0 Å². The first kappa shape index (κ1) is 19.1. The number of hydrogen-bond acceptors (Lipinski definition) is 3. The Morgan fingerprint density at radius 3 is 2.64 bits per heavy atom. The first-order chi connectivity index (χ1) is 13.5. The van der Waals surface area contributed by atoms with Gasteiger partial charge >= 0.3 is 0 Å². The summed E-state index contributed by atoms with van der Waals surface area (Å²) in [5.41, 5.74) is 1.80. The normalized spacial score (nSPS) is 21.4. The van der Waals surface area contributed by atoms with Gasteiger partial charge in [-0.2, -0.15) is 5.10 Å². The Morgan fingerprint density at radius 2 is 1.93 bits per heavy atom. The first-order valence-corrected chi connectivity index (χ1v) is 9.98. The maximum Gasteiger partial charge on any atom is 0.274 e. The van der Waals surface area contributed by atoms with Gasteiger partial charge in [0.05, 0.1) is 0 Å². The third-order valence-corrected chi connectivity index (χ3v) is 6.16. The molecule has 1 amide bonds. The molecule has 0 radical (unpaired) electrons. The van der Waals surface area contributed by atoms with Gasteiger partial charge in [-0.25, -0.2) is 8.78 Å². The first-order valence-electron chi connectivity index (χ1n) is 9.98. The van der Waals surface area contributed by atoms with Crippen LogP contribution < -0.4 is 0 Å². The smallest absolute Gasteiger partial charge is 0.274 e. The molecule has 0 spiro atoms. The molecule has 1 aromatic carbocycles. The van der Waals surface area contributed by atoms with E-state index in [2.05, 4.69) is 15.1 Å². The van der Waals surface area contributed by atoms with Gasteiger partial charge in [0.25, 0.3) is 5.91 Å². The van der Waals surface area contributed by atoms with E-state index in [0.29, 0.717) is 29.6 Å². The predicted octanol–water partition coefficient (Wildman–Crippen LogP) is 3.37. The Labute approximate surface area is 163 Å². The fraction of sp³-hybridized carbons (Fsp3) is 0.524. The molecule has 0 saturated carbocycles. The zero-order valence-electron chi connectivity index (χ0n) is 16.1. The van der Waals surface area contributed by atoms with E-state index in [4.69, 9.17) is 0 Å². The van der Waals surface area contributed by atoms with Gasteiger partial charge in [0.15, 0.2) is 11.6 Å². The summed E-state index contributed by atoms with van der Waals surface area (Å²) in [7, 11) is 0. The number of carbonyl (C=O) groups excluding carboxylic acids is 1. The van der Waals surface area contributed by atoms with Gasteiger partial charge in [-0.3, -0.25) is 14.8 Å². The lowest BCUT2D eigenvalue weighted by Gasteiger charge is -2.34. The minimum Gasteiger partial charge on any atom is -0.337 e. The van der Waals surface area contributed by atoms with Gasteiger partial charge in [-0.05, 0) is 63.2 Å². The van der Waals surface area contributed by atoms with Gasteiger partial charge in [-0.15, -0.1) is 0 Å². The van der Waals surface area contributed by atoms with Crippen molar-refractivity contribution in [3.8, 4) is 0 Å². The van der Waals surface area contributed by atoms with Crippen LogP contribution in [0.3, 0.4) is 0 Å². The van der Waals surface area contributed by atoms with E-state index in [1.807, 2.05) is 11.8 Å². The lowest BCUT2D eigenvalue weighted by Crippen LogP contribution is -2.37. The minimum atomic E-state index is -0.782. The molecule has 1 N–H and O–H groups in total. The Morgan fingerprint density at radius 1 is 1.18 bits per heavy atom.